The minimum atomic E-state index is -3.47. The highest BCUT2D eigenvalue weighted by Crippen LogP contribution is 2.51. The molecule has 0 bridgehead atoms. The summed E-state index contributed by atoms with van der Waals surface area (Å²) in [5.74, 6) is -4.98. The van der Waals surface area contributed by atoms with Gasteiger partial charge in [-0.25, -0.2) is 0 Å². The van der Waals surface area contributed by atoms with Gasteiger partial charge in [0.2, 0.25) is 0 Å². The predicted molar refractivity (Wildman–Crippen MR) is 43.0 cm³/mol. The van der Waals surface area contributed by atoms with E-state index in [1.807, 2.05) is 6.08 Å². The van der Waals surface area contributed by atoms with Crippen molar-refractivity contribution in [1.82, 2.24) is 0 Å². The molecule has 70 valence electrons. The zero-order chi connectivity index (χ0) is 9.64. The van der Waals surface area contributed by atoms with E-state index >= 15 is 0 Å². The van der Waals surface area contributed by atoms with Gasteiger partial charge in [0.25, 0.3) is 5.91 Å². The van der Waals surface area contributed by atoms with Gasteiger partial charge in [0.05, 0.1) is 0 Å². The molecule has 2 nitrogen and oxygen atoms in total. The van der Waals surface area contributed by atoms with Gasteiger partial charge >= 0.3 is 5.92 Å². The van der Waals surface area contributed by atoms with Crippen molar-refractivity contribution < 1.29 is 13.6 Å². The summed E-state index contributed by atoms with van der Waals surface area (Å²) >= 11 is 0. The molecule has 0 saturated heterocycles. The van der Waals surface area contributed by atoms with Crippen molar-refractivity contribution >= 4 is 5.91 Å². The topological polar surface area (TPSA) is 43.1 Å². The van der Waals surface area contributed by atoms with Crippen LogP contribution in [0.2, 0.25) is 0 Å². The van der Waals surface area contributed by atoms with Gasteiger partial charge in [-0.05, 0) is 18.3 Å². The Hall–Kier alpha value is -1.19. The largest absolute Gasteiger partial charge is 0.364 e. The third-order valence-corrected chi connectivity index (χ3v) is 2.55. The molecule has 1 fully saturated rings. The predicted octanol–water partition coefficient (Wildman–Crippen LogP) is 1.24. The fourth-order valence-electron chi connectivity index (χ4n) is 1.69. The molecule has 0 aliphatic heterocycles. The van der Waals surface area contributed by atoms with Gasteiger partial charge in [-0.1, -0.05) is 18.2 Å². The number of alkyl halides is 2. The van der Waals surface area contributed by atoms with Crippen LogP contribution in [0.25, 0.3) is 0 Å². The maximum absolute atomic E-state index is 13.1. The van der Waals surface area contributed by atoms with Crippen LogP contribution in [0.3, 0.4) is 0 Å². The van der Waals surface area contributed by atoms with Gasteiger partial charge in [0.15, 0.2) is 0 Å². The zero-order valence-corrected chi connectivity index (χ0v) is 6.84. The van der Waals surface area contributed by atoms with E-state index in [0.29, 0.717) is 6.42 Å². The van der Waals surface area contributed by atoms with Crippen molar-refractivity contribution in [2.24, 2.45) is 17.6 Å². The molecule has 13 heavy (non-hydrogen) atoms. The Morgan fingerprint density at radius 1 is 1.62 bits per heavy atom. The molecule has 4 heteroatoms. The first-order valence-corrected chi connectivity index (χ1v) is 4.10. The van der Waals surface area contributed by atoms with Crippen LogP contribution in [-0.2, 0) is 4.79 Å². The van der Waals surface area contributed by atoms with Crippen molar-refractivity contribution in [3.8, 4) is 0 Å². The van der Waals surface area contributed by atoms with Crippen molar-refractivity contribution in [2.75, 3.05) is 0 Å². The maximum Gasteiger partial charge on any atom is 0.346 e. The first-order valence-electron chi connectivity index (χ1n) is 4.10. The van der Waals surface area contributed by atoms with Gasteiger partial charge in [-0.15, -0.1) is 0 Å². The SMILES string of the molecule is NC(=O)C(F)(F)C1=CC=CC2CC12. The van der Waals surface area contributed by atoms with Crippen LogP contribution in [0.15, 0.2) is 23.8 Å². The summed E-state index contributed by atoms with van der Waals surface area (Å²) in [5.41, 5.74) is 4.51. The number of amides is 1. The van der Waals surface area contributed by atoms with E-state index in [4.69, 9.17) is 0 Å². The average molecular weight is 185 g/mol. The Kier molecular flexibility index (Phi) is 1.55. The van der Waals surface area contributed by atoms with E-state index in [1.54, 1.807) is 6.08 Å². The molecule has 0 heterocycles. The normalized spacial score (nSPS) is 30.8. The minimum Gasteiger partial charge on any atom is -0.364 e. The van der Waals surface area contributed by atoms with Gasteiger partial charge in [-0.3, -0.25) is 4.79 Å². The molecule has 0 radical (unpaired) electrons. The summed E-state index contributed by atoms with van der Waals surface area (Å²) < 4.78 is 26.3. The molecule has 2 aliphatic rings. The number of hydrogen-bond donors (Lipinski definition) is 1. The lowest BCUT2D eigenvalue weighted by Crippen LogP contribution is -2.38. The van der Waals surface area contributed by atoms with Crippen LogP contribution >= 0.6 is 0 Å². The number of nitrogens with two attached hydrogens (primary N) is 1. The van der Waals surface area contributed by atoms with E-state index < -0.39 is 11.8 Å². The molecular weight excluding hydrogens is 176 g/mol. The van der Waals surface area contributed by atoms with Crippen molar-refractivity contribution in [3.05, 3.63) is 23.8 Å². The Bertz CT molecular complexity index is 320. The first kappa shape index (κ1) is 8.41. The standard InChI is InChI=1S/C9H9F2NO/c10-9(11,8(12)13)7-3-1-2-5-4-6(5)7/h1-3,5-6H,4H2,(H2,12,13). The Morgan fingerprint density at radius 3 is 2.92 bits per heavy atom. The number of fused-ring (bicyclic) bond motifs is 1. The maximum atomic E-state index is 13.1. The van der Waals surface area contributed by atoms with Crippen LogP contribution < -0.4 is 5.73 Å². The molecule has 0 aromatic rings. The molecule has 0 aromatic heterocycles. The zero-order valence-electron chi connectivity index (χ0n) is 6.84. The monoisotopic (exact) mass is 185 g/mol. The molecule has 1 saturated carbocycles. The van der Waals surface area contributed by atoms with E-state index in [9.17, 15) is 13.6 Å². The van der Waals surface area contributed by atoms with Crippen LogP contribution in [0.1, 0.15) is 6.42 Å². The van der Waals surface area contributed by atoms with Gasteiger partial charge in [0.1, 0.15) is 0 Å². The highest BCUT2D eigenvalue weighted by molar-refractivity contribution is 5.85. The molecule has 1 amide bonds. The summed E-state index contributed by atoms with van der Waals surface area (Å²) in [6.45, 7) is 0. The molecule has 0 aromatic carbocycles. The Morgan fingerprint density at radius 2 is 2.31 bits per heavy atom. The van der Waals surface area contributed by atoms with Crippen LogP contribution in [-0.4, -0.2) is 11.8 Å². The molecule has 2 N–H and O–H groups in total. The summed E-state index contributed by atoms with van der Waals surface area (Å²) in [5, 5.41) is 0. The van der Waals surface area contributed by atoms with Crippen LogP contribution in [0.5, 0.6) is 0 Å². The molecule has 0 spiro atoms. The van der Waals surface area contributed by atoms with Crippen LogP contribution in [0, 0.1) is 11.8 Å². The number of allylic oxidation sites excluding steroid dienone is 3. The third kappa shape index (κ3) is 1.17. The fourth-order valence-corrected chi connectivity index (χ4v) is 1.69. The van der Waals surface area contributed by atoms with Gasteiger partial charge in [0, 0.05) is 5.57 Å². The van der Waals surface area contributed by atoms with Crippen molar-refractivity contribution in [3.63, 3.8) is 0 Å². The summed E-state index contributed by atoms with van der Waals surface area (Å²) in [7, 11) is 0. The smallest absolute Gasteiger partial charge is 0.346 e. The molecular formula is C9H9F2NO. The highest BCUT2D eigenvalue weighted by atomic mass is 19.3. The molecule has 2 atom stereocenters. The molecule has 2 rings (SSSR count). The second-order valence-corrected chi connectivity index (χ2v) is 3.45. The minimum absolute atomic E-state index is 0.118. The Balaban J connectivity index is 2.30. The third-order valence-electron chi connectivity index (χ3n) is 2.55. The van der Waals surface area contributed by atoms with Crippen molar-refractivity contribution in [2.45, 2.75) is 12.3 Å². The van der Waals surface area contributed by atoms with Crippen molar-refractivity contribution in [1.29, 1.82) is 0 Å². The molecule has 2 unspecified atom stereocenters. The lowest BCUT2D eigenvalue weighted by Gasteiger charge is -2.17. The van der Waals surface area contributed by atoms with E-state index in [-0.39, 0.29) is 17.4 Å². The first-order chi connectivity index (χ1) is 6.03. The summed E-state index contributed by atoms with van der Waals surface area (Å²) in [6, 6.07) is 0. The lowest BCUT2D eigenvalue weighted by molar-refractivity contribution is -0.137. The second kappa shape index (κ2) is 2.40. The van der Waals surface area contributed by atoms with E-state index in [2.05, 4.69) is 5.73 Å². The lowest BCUT2D eigenvalue weighted by atomic mass is 9.98. The number of carbonyl (C=O) groups excluding carboxylic acids is 1. The molecule has 2 aliphatic carbocycles. The number of hydrogen-bond acceptors (Lipinski definition) is 1. The Labute approximate surface area is 74.1 Å². The fraction of sp³-hybridized carbons (Fsp3) is 0.444. The van der Waals surface area contributed by atoms with Gasteiger partial charge in [-0.2, -0.15) is 8.78 Å². The number of primary amides is 1. The van der Waals surface area contributed by atoms with E-state index in [0.717, 1.165) is 0 Å². The summed E-state index contributed by atoms with van der Waals surface area (Å²) in [4.78, 5) is 10.5. The number of halogens is 2. The quantitative estimate of drug-likeness (QED) is 0.691. The number of rotatable bonds is 2. The van der Waals surface area contributed by atoms with E-state index in [1.165, 1.54) is 6.08 Å². The van der Waals surface area contributed by atoms with Gasteiger partial charge < -0.3 is 5.73 Å². The van der Waals surface area contributed by atoms with Crippen LogP contribution in [0.4, 0.5) is 8.78 Å². The average Bonchev–Trinajstić information content (AvgIpc) is 2.80. The summed E-state index contributed by atoms with van der Waals surface area (Å²) in [6.07, 6.45) is 5.47. The number of carbonyl (C=O) groups is 1. The highest BCUT2D eigenvalue weighted by Gasteiger charge is 2.52. The second-order valence-electron chi connectivity index (χ2n) is 3.45.